The molecular weight excluding hydrogens is 208 g/mol. The lowest BCUT2D eigenvalue weighted by molar-refractivity contribution is 0.790. The fraction of sp³-hybridized carbons (Fsp3) is 0.267. The van der Waals surface area contributed by atoms with Crippen LogP contribution >= 0.6 is 0 Å². The minimum absolute atomic E-state index is 0.416. The highest BCUT2D eigenvalue weighted by molar-refractivity contribution is 5.44. The maximum Gasteiger partial charge on any atom is 0.0393 e. The van der Waals surface area contributed by atoms with E-state index in [1.807, 2.05) is 25.3 Å². The van der Waals surface area contributed by atoms with E-state index in [4.69, 9.17) is 0 Å². The number of nitrogens with zero attached hydrogens (tertiary/aromatic N) is 1. The molecule has 0 aliphatic heterocycles. The second kappa shape index (κ2) is 5.48. The summed E-state index contributed by atoms with van der Waals surface area (Å²) in [6, 6.07) is 15.0. The van der Waals surface area contributed by atoms with E-state index in [1.54, 1.807) is 0 Å². The van der Waals surface area contributed by atoms with E-state index in [2.05, 4.69) is 47.6 Å². The summed E-state index contributed by atoms with van der Waals surface area (Å²) in [7, 11) is 0. The van der Waals surface area contributed by atoms with Crippen molar-refractivity contribution in [3.63, 3.8) is 0 Å². The zero-order valence-corrected chi connectivity index (χ0v) is 10.4. The summed E-state index contributed by atoms with van der Waals surface area (Å²) in [4.78, 5) is 4.19. The van der Waals surface area contributed by atoms with E-state index in [9.17, 15) is 0 Å². The maximum absolute atomic E-state index is 4.19. The molecule has 1 aromatic heterocycles. The highest BCUT2D eigenvalue weighted by Crippen LogP contribution is 2.11. The van der Waals surface area contributed by atoms with E-state index in [1.165, 1.54) is 5.56 Å². The molecule has 1 aromatic carbocycles. The quantitative estimate of drug-likeness (QED) is 0.864. The minimum atomic E-state index is 0.416. The molecule has 1 atom stereocenters. The summed E-state index contributed by atoms with van der Waals surface area (Å²) in [6.07, 6.45) is 2.87. The van der Waals surface area contributed by atoms with Gasteiger partial charge in [0.2, 0.25) is 0 Å². The van der Waals surface area contributed by atoms with E-state index in [-0.39, 0.29) is 0 Å². The van der Waals surface area contributed by atoms with Gasteiger partial charge in [-0.05, 0) is 38.0 Å². The molecule has 0 spiro atoms. The van der Waals surface area contributed by atoms with Crippen LogP contribution in [-0.2, 0) is 6.42 Å². The molecule has 88 valence electrons. The average Bonchev–Trinajstić information content (AvgIpc) is 2.30. The Kier molecular flexibility index (Phi) is 3.76. The first-order valence-corrected chi connectivity index (χ1v) is 5.97. The molecule has 2 rings (SSSR count). The number of aryl methyl sites for hydroxylation is 1. The monoisotopic (exact) mass is 226 g/mol. The van der Waals surface area contributed by atoms with Crippen LogP contribution in [0.1, 0.15) is 18.2 Å². The van der Waals surface area contributed by atoms with E-state index in [0.29, 0.717) is 6.04 Å². The molecule has 1 unspecified atom stereocenters. The molecule has 0 saturated heterocycles. The van der Waals surface area contributed by atoms with Crippen molar-refractivity contribution in [2.45, 2.75) is 26.3 Å². The summed E-state index contributed by atoms with van der Waals surface area (Å²) < 4.78 is 0. The molecule has 1 heterocycles. The van der Waals surface area contributed by atoms with Crippen LogP contribution in [0.2, 0.25) is 0 Å². The van der Waals surface area contributed by atoms with Crippen LogP contribution in [0.3, 0.4) is 0 Å². The van der Waals surface area contributed by atoms with Crippen LogP contribution in [0.25, 0.3) is 0 Å². The Balaban J connectivity index is 1.96. The fourth-order valence-corrected chi connectivity index (χ4v) is 1.94. The van der Waals surface area contributed by atoms with Crippen molar-refractivity contribution in [1.29, 1.82) is 0 Å². The molecule has 0 bridgehead atoms. The second-order valence-corrected chi connectivity index (χ2v) is 4.42. The Hall–Kier alpha value is -1.83. The molecule has 1 N–H and O–H groups in total. The van der Waals surface area contributed by atoms with Gasteiger partial charge in [-0.2, -0.15) is 0 Å². The van der Waals surface area contributed by atoms with E-state index < -0.39 is 0 Å². The molecule has 0 saturated carbocycles. The van der Waals surface area contributed by atoms with Gasteiger partial charge in [-0.1, -0.05) is 30.3 Å². The third-order valence-electron chi connectivity index (χ3n) is 2.69. The minimum Gasteiger partial charge on any atom is -0.382 e. The van der Waals surface area contributed by atoms with Crippen LogP contribution in [-0.4, -0.2) is 11.0 Å². The SMILES string of the molecule is Cc1cc(NC(C)Cc2ccccc2)ccn1. The number of hydrogen-bond acceptors (Lipinski definition) is 2. The lowest BCUT2D eigenvalue weighted by Gasteiger charge is -2.15. The van der Waals surface area contributed by atoms with Gasteiger partial charge in [-0.15, -0.1) is 0 Å². The third kappa shape index (κ3) is 3.59. The van der Waals surface area contributed by atoms with Crippen molar-refractivity contribution in [3.8, 4) is 0 Å². The Morgan fingerprint density at radius 3 is 2.65 bits per heavy atom. The second-order valence-electron chi connectivity index (χ2n) is 4.42. The van der Waals surface area contributed by atoms with Gasteiger partial charge >= 0.3 is 0 Å². The molecule has 0 aliphatic rings. The van der Waals surface area contributed by atoms with Crippen molar-refractivity contribution in [2.75, 3.05) is 5.32 Å². The predicted molar refractivity (Wildman–Crippen MR) is 72.2 cm³/mol. The van der Waals surface area contributed by atoms with Crippen LogP contribution in [0, 0.1) is 6.92 Å². The van der Waals surface area contributed by atoms with Crippen LogP contribution in [0.4, 0.5) is 5.69 Å². The Bertz CT molecular complexity index is 465. The van der Waals surface area contributed by atoms with Gasteiger partial charge in [-0.3, -0.25) is 4.98 Å². The van der Waals surface area contributed by atoms with Crippen LogP contribution in [0.5, 0.6) is 0 Å². The molecule has 0 fully saturated rings. The average molecular weight is 226 g/mol. The van der Waals surface area contributed by atoms with Gasteiger partial charge in [0.15, 0.2) is 0 Å². The first-order valence-electron chi connectivity index (χ1n) is 5.97. The number of benzene rings is 1. The maximum atomic E-state index is 4.19. The zero-order valence-electron chi connectivity index (χ0n) is 10.4. The standard InChI is InChI=1S/C15H18N2/c1-12-11-15(8-9-16-12)17-13(2)10-14-6-4-3-5-7-14/h3-9,11,13H,10H2,1-2H3,(H,16,17). The van der Waals surface area contributed by atoms with Gasteiger partial charge in [0.1, 0.15) is 0 Å². The van der Waals surface area contributed by atoms with Gasteiger partial charge < -0.3 is 5.32 Å². The highest BCUT2D eigenvalue weighted by Gasteiger charge is 2.03. The van der Waals surface area contributed by atoms with Crippen molar-refractivity contribution < 1.29 is 0 Å². The largest absolute Gasteiger partial charge is 0.382 e. The van der Waals surface area contributed by atoms with Crippen LogP contribution in [0.15, 0.2) is 48.7 Å². The topological polar surface area (TPSA) is 24.9 Å². The molecule has 0 aliphatic carbocycles. The first kappa shape index (κ1) is 11.6. The number of pyridine rings is 1. The van der Waals surface area contributed by atoms with Crippen molar-refractivity contribution in [3.05, 3.63) is 59.9 Å². The van der Waals surface area contributed by atoms with E-state index in [0.717, 1.165) is 17.8 Å². The molecule has 2 nitrogen and oxygen atoms in total. The Morgan fingerprint density at radius 2 is 1.94 bits per heavy atom. The van der Waals surface area contributed by atoms with Crippen molar-refractivity contribution in [1.82, 2.24) is 4.98 Å². The molecule has 0 radical (unpaired) electrons. The van der Waals surface area contributed by atoms with Gasteiger partial charge in [0.05, 0.1) is 0 Å². The summed E-state index contributed by atoms with van der Waals surface area (Å²) in [5, 5.41) is 3.49. The number of hydrogen-bond donors (Lipinski definition) is 1. The van der Waals surface area contributed by atoms with E-state index >= 15 is 0 Å². The molecule has 2 heteroatoms. The van der Waals surface area contributed by atoms with Gasteiger partial charge in [-0.25, -0.2) is 0 Å². The van der Waals surface area contributed by atoms with Gasteiger partial charge in [0.25, 0.3) is 0 Å². The summed E-state index contributed by atoms with van der Waals surface area (Å²) >= 11 is 0. The van der Waals surface area contributed by atoms with Gasteiger partial charge in [0, 0.05) is 23.6 Å². The number of aromatic nitrogens is 1. The van der Waals surface area contributed by atoms with Crippen molar-refractivity contribution >= 4 is 5.69 Å². The Labute approximate surface area is 103 Å². The molecule has 17 heavy (non-hydrogen) atoms. The predicted octanol–water partition coefficient (Wildman–Crippen LogP) is 3.43. The highest BCUT2D eigenvalue weighted by atomic mass is 14.9. The third-order valence-corrected chi connectivity index (χ3v) is 2.69. The summed E-state index contributed by atoms with van der Waals surface area (Å²) in [5.41, 5.74) is 3.54. The lowest BCUT2D eigenvalue weighted by Crippen LogP contribution is -2.18. The Morgan fingerprint density at radius 1 is 1.18 bits per heavy atom. The molecular formula is C15H18N2. The first-order chi connectivity index (χ1) is 8.24. The van der Waals surface area contributed by atoms with Crippen molar-refractivity contribution in [2.24, 2.45) is 0 Å². The normalized spacial score (nSPS) is 12.1. The smallest absolute Gasteiger partial charge is 0.0393 e. The summed E-state index contributed by atoms with van der Waals surface area (Å²) in [5.74, 6) is 0. The zero-order chi connectivity index (χ0) is 12.1. The summed E-state index contributed by atoms with van der Waals surface area (Å²) in [6.45, 7) is 4.20. The number of anilines is 1. The lowest BCUT2D eigenvalue weighted by atomic mass is 10.1. The molecule has 2 aromatic rings. The molecule has 0 amide bonds. The number of nitrogens with one attached hydrogen (secondary N) is 1. The van der Waals surface area contributed by atoms with Crippen LogP contribution < -0.4 is 5.32 Å². The fourth-order valence-electron chi connectivity index (χ4n) is 1.94. The number of rotatable bonds is 4.